The van der Waals surface area contributed by atoms with Gasteiger partial charge in [0.1, 0.15) is 0 Å². The zero-order valence-electron chi connectivity index (χ0n) is 11.2. The van der Waals surface area contributed by atoms with Crippen molar-refractivity contribution in [2.45, 2.75) is 6.92 Å². The van der Waals surface area contributed by atoms with E-state index in [1.54, 1.807) is 4.90 Å². The largest absolute Gasteiger partial charge is 0.336 e. The predicted octanol–water partition coefficient (Wildman–Crippen LogP) is 2.13. The number of amides is 1. The van der Waals surface area contributed by atoms with Gasteiger partial charge in [0, 0.05) is 42.8 Å². The molecule has 1 aliphatic rings. The van der Waals surface area contributed by atoms with E-state index in [9.17, 15) is 14.9 Å². The number of nitrogens with zero attached hydrogens (tertiary/aromatic N) is 3. The number of carbonyl (C=O) groups excluding carboxylic acids is 1. The number of nitro groups is 1. The van der Waals surface area contributed by atoms with Crippen molar-refractivity contribution in [3.63, 3.8) is 0 Å². The maximum Gasteiger partial charge on any atom is 0.270 e. The standard InChI is InChI=1S/C13H16BrN3O3/c1-2-15-5-7-16(8-6-15)13(18)11-4-3-10(17(19)20)9-12(11)14/h3-4,9H,2,5-8H2,1H3. The van der Waals surface area contributed by atoms with Crippen LogP contribution in [0.3, 0.4) is 0 Å². The lowest BCUT2D eigenvalue weighted by atomic mass is 10.1. The molecule has 1 amide bonds. The second kappa shape index (κ2) is 6.32. The van der Waals surface area contributed by atoms with Gasteiger partial charge in [-0.2, -0.15) is 0 Å². The van der Waals surface area contributed by atoms with Gasteiger partial charge >= 0.3 is 0 Å². The van der Waals surface area contributed by atoms with Crippen molar-refractivity contribution in [2.24, 2.45) is 0 Å². The van der Waals surface area contributed by atoms with Crippen molar-refractivity contribution in [3.8, 4) is 0 Å². The van der Waals surface area contributed by atoms with Gasteiger partial charge in [-0.3, -0.25) is 14.9 Å². The molecular weight excluding hydrogens is 326 g/mol. The normalized spacial score (nSPS) is 16.2. The zero-order chi connectivity index (χ0) is 14.7. The van der Waals surface area contributed by atoms with E-state index in [0.29, 0.717) is 23.1 Å². The number of halogens is 1. The molecule has 0 bridgehead atoms. The SMILES string of the molecule is CCN1CCN(C(=O)c2ccc([N+](=O)[O-])cc2Br)CC1. The topological polar surface area (TPSA) is 66.7 Å². The summed E-state index contributed by atoms with van der Waals surface area (Å²) in [5.74, 6) is -0.0810. The third-order valence-electron chi connectivity index (χ3n) is 3.50. The summed E-state index contributed by atoms with van der Waals surface area (Å²) in [6, 6.07) is 4.24. The fraction of sp³-hybridized carbons (Fsp3) is 0.462. The van der Waals surface area contributed by atoms with Crippen molar-refractivity contribution >= 4 is 27.5 Å². The molecule has 1 saturated heterocycles. The molecule has 0 N–H and O–H groups in total. The van der Waals surface area contributed by atoms with Crippen LogP contribution >= 0.6 is 15.9 Å². The Balaban J connectivity index is 2.12. The molecule has 0 radical (unpaired) electrons. The average Bonchev–Trinajstić information content (AvgIpc) is 2.46. The van der Waals surface area contributed by atoms with Gasteiger partial charge in [0.25, 0.3) is 11.6 Å². The van der Waals surface area contributed by atoms with Gasteiger partial charge in [-0.25, -0.2) is 0 Å². The number of benzene rings is 1. The maximum atomic E-state index is 12.4. The average molecular weight is 342 g/mol. The summed E-state index contributed by atoms with van der Waals surface area (Å²) in [4.78, 5) is 26.7. The summed E-state index contributed by atoms with van der Waals surface area (Å²) >= 11 is 3.25. The number of non-ortho nitro benzene ring substituents is 1. The Hall–Kier alpha value is -1.47. The summed E-state index contributed by atoms with van der Waals surface area (Å²) in [6.45, 7) is 6.21. The molecule has 0 spiro atoms. The van der Waals surface area contributed by atoms with Crippen LogP contribution in [0.2, 0.25) is 0 Å². The number of carbonyl (C=O) groups is 1. The van der Waals surface area contributed by atoms with Crippen LogP contribution in [-0.2, 0) is 0 Å². The summed E-state index contributed by atoms with van der Waals surface area (Å²) in [7, 11) is 0. The van der Waals surface area contributed by atoms with Crippen LogP contribution in [0.5, 0.6) is 0 Å². The van der Waals surface area contributed by atoms with Gasteiger partial charge in [-0.1, -0.05) is 6.92 Å². The van der Waals surface area contributed by atoms with E-state index in [1.165, 1.54) is 18.2 Å². The van der Waals surface area contributed by atoms with E-state index in [4.69, 9.17) is 0 Å². The Morgan fingerprint density at radius 2 is 2.00 bits per heavy atom. The minimum Gasteiger partial charge on any atom is -0.336 e. The Kier molecular flexibility index (Phi) is 4.72. The summed E-state index contributed by atoms with van der Waals surface area (Å²) in [6.07, 6.45) is 0. The van der Waals surface area contributed by atoms with Gasteiger partial charge in [0.15, 0.2) is 0 Å². The molecule has 0 atom stereocenters. The predicted molar refractivity (Wildman–Crippen MR) is 78.8 cm³/mol. The van der Waals surface area contributed by atoms with Crippen molar-refractivity contribution in [2.75, 3.05) is 32.7 Å². The van der Waals surface area contributed by atoms with E-state index < -0.39 is 4.92 Å². The molecule has 1 fully saturated rings. The van der Waals surface area contributed by atoms with Gasteiger partial charge < -0.3 is 9.80 Å². The molecule has 6 nitrogen and oxygen atoms in total. The lowest BCUT2D eigenvalue weighted by molar-refractivity contribution is -0.384. The maximum absolute atomic E-state index is 12.4. The van der Waals surface area contributed by atoms with E-state index in [2.05, 4.69) is 27.8 Å². The minimum atomic E-state index is -0.473. The fourth-order valence-corrected chi connectivity index (χ4v) is 2.76. The van der Waals surface area contributed by atoms with Crippen LogP contribution in [0, 0.1) is 10.1 Å². The molecule has 1 aromatic rings. The zero-order valence-corrected chi connectivity index (χ0v) is 12.8. The number of hydrogen-bond donors (Lipinski definition) is 0. The van der Waals surface area contributed by atoms with E-state index in [-0.39, 0.29) is 11.6 Å². The molecule has 108 valence electrons. The van der Waals surface area contributed by atoms with Crippen LogP contribution < -0.4 is 0 Å². The first-order valence-electron chi connectivity index (χ1n) is 6.48. The molecular formula is C13H16BrN3O3. The molecule has 0 aromatic heterocycles. The molecule has 1 heterocycles. The lowest BCUT2D eigenvalue weighted by Gasteiger charge is -2.34. The van der Waals surface area contributed by atoms with Gasteiger partial charge in [-0.15, -0.1) is 0 Å². The second-order valence-corrected chi connectivity index (χ2v) is 5.50. The van der Waals surface area contributed by atoms with Crippen LogP contribution in [0.4, 0.5) is 5.69 Å². The Labute approximate surface area is 125 Å². The third kappa shape index (κ3) is 3.16. The quantitative estimate of drug-likeness (QED) is 0.624. The van der Waals surface area contributed by atoms with Crippen LogP contribution in [0.25, 0.3) is 0 Å². The van der Waals surface area contributed by atoms with Gasteiger partial charge in [-0.05, 0) is 28.5 Å². The third-order valence-corrected chi connectivity index (χ3v) is 4.16. The highest BCUT2D eigenvalue weighted by molar-refractivity contribution is 9.10. The van der Waals surface area contributed by atoms with Gasteiger partial charge in [0.05, 0.1) is 10.5 Å². The molecule has 0 aliphatic carbocycles. The van der Waals surface area contributed by atoms with Gasteiger partial charge in [0.2, 0.25) is 0 Å². The van der Waals surface area contributed by atoms with E-state index in [0.717, 1.165) is 19.6 Å². The van der Waals surface area contributed by atoms with Crippen LogP contribution in [0.1, 0.15) is 17.3 Å². The minimum absolute atomic E-state index is 0.0239. The number of piperazine rings is 1. The monoisotopic (exact) mass is 341 g/mol. The fourth-order valence-electron chi connectivity index (χ4n) is 2.23. The molecule has 2 rings (SSSR count). The van der Waals surface area contributed by atoms with E-state index in [1.807, 2.05) is 0 Å². The Bertz CT molecular complexity index is 528. The van der Waals surface area contributed by atoms with Crippen molar-refractivity contribution in [1.82, 2.24) is 9.80 Å². The molecule has 1 aromatic carbocycles. The molecule has 0 saturated carbocycles. The highest BCUT2D eigenvalue weighted by atomic mass is 79.9. The van der Waals surface area contributed by atoms with Crippen LogP contribution in [-0.4, -0.2) is 53.4 Å². The Morgan fingerprint density at radius 3 is 2.50 bits per heavy atom. The number of rotatable bonds is 3. The molecule has 7 heteroatoms. The first-order chi connectivity index (χ1) is 9.52. The molecule has 1 aliphatic heterocycles. The van der Waals surface area contributed by atoms with Crippen LogP contribution in [0.15, 0.2) is 22.7 Å². The van der Waals surface area contributed by atoms with Crippen molar-refractivity contribution in [1.29, 1.82) is 0 Å². The first-order valence-corrected chi connectivity index (χ1v) is 7.27. The highest BCUT2D eigenvalue weighted by Crippen LogP contribution is 2.24. The Morgan fingerprint density at radius 1 is 1.35 bits per heavy atom. The van der Waals surface area contributed by atoms with Crippen molar-refractivity contribution < 1.29 is 9.72 Å². The molecule has 0 unspecified atom stereocenters. The second-order valence-electron chi connectivity index (χ2n) is 4.65. The highest BCUT2D eigenvalue weighted by Gasteiger charge is 2.23. The number of nitro benzene ring substituents is 1. The van der Waals surface area contributed by atoms with Crippen molar-refractivity contribution in [3.05, 3.63) is 38.3 Å². The van der Waals surface area contributed by atoms with E-state index >= 15 is 0 Å². The number of hydrogen-bond acceptors (Lipinski definition) is 4. The number of likely N-dealkylation sites (N-methyl/N-ethyl adjacent to an activating group) is 1. The lowest BCUT2D eigenvalue weighted by Crippen LogP contribution is -2.48. The summed E-state index contributed by atoms with van der Waals surface area (Å²) in [5.41, 5.74) is 0.449. The summed E-state index contributed by atoms with van der Waals surface area (Å²) in [5, 5.41) is 10.7. The smallest absolute Gasteiger partial charge is 0.270 e. The first kappa shape index (κ1) is 14.9. The molecule has 20 heavy (non-hydrogen) atoms. The summed E-state index contributed by atoms with van der Waals surface area (Å²) < 4.78 is 0.467.